The monoisotopic (exact) mass is 376 g/mol. The molecule has 0 saturated carbocycles. The standard InChI is InChI=1S/C16H13BrN2O2S/c1-21-13-3-2-4-14-15(13)19-16(22-14)18-9-12(20)10-5-7-11(17)8-6-10/h2-8H,9H2,1H3,(H,18,19). The largest absolute Gasteiger partial charge is 0.494 e. The summed E-state index contributed by atoms with van der Waals surface area (Å²) in [7, 11) is 1.62. The number of Topliss-reactive ketones (excluding diaryl/α,β-unsaturated/α-hetero) is 1. The van der Waals surface area contributed by atoms with E-state index >= 15 is 0 Å². The van der Waals surface area contributed by atoms with Gasteiger partial charge in [-0.15, -0.1) is 0 Å². The van der Waals surface area contributed by atoms with E-state index in [2.05, 4.69) is 26.2 Å². The van der Waals surface area contributed by atoms with Gasteiger partial charge in [-0.2, -0.15) is 0 Å². The summed E-state index contributed by atoms with van der Waals surface area (Å²) in [6.45, 7) is 0.212. The molecule has 0 aliphatic heterocycles. The highest BCUT2D eigenvalue weighted by molar-refractivity contribution is 9.10. The van der Waals surface area contributed by atoms with Crippen molar-refractivity contribution in [3.8, 4) is 5.75 Å². The number of nitrogens with one attached hydrogen (secondary N) is 1. The Labute approximate surface area is 140 Å². The first kappa shape index (κ1) is 15.0. The Bertz CT molecular complexity index is 815. The zero-order valence-corrected chi connectivity index (χ0v) is 14.2. The Morgan fingerprint density at radius 2 is 2.05 bits per heavy atom. The van der Waals surface area contributed by atoms with Crippen molar-refractivity contribution >= 4 is 48.4 Å². The molecule has 2 aromatic carbocycles. The Kier molecular flexibility index (Phi) is 4.40. The number of benzene rings is 2. The first-order chi connectivity index (χ1) is 10.7. The van der Waals surface area contributed by atoms with Gasteiger partial charge in [0.25, 0.3) is 0 Å². The second kappa shape index (κ2) is 6.46. The van der Waals surface area contributed by atoms with Crippen molar-refractivity contribution in [2.75, 3.05) is 19.0 Å². The molecule has 0 saturated heterocycles. The molecule has 112 valence electrons. The molecule has 0 aliphatic rings. The maximum absolute atomic E-state index is 12.1. The van der Waals surface area contributed by atoms with Crippen molar-refractivity contribution in [2.45, 2.75) is 0 Å². The third-order valence-corrected chi connectivity index (χ3v) is 4.68. The molecule has 3 rings (SSSR count). The molecule has 6 heteroatoms. The summed E-state index contributed by atoms with van der Waals surface area (Å²) in [4.78, 5) is 16.6. The number of ether oxygens (including phenoxy) is 1. The number of fused-ring (bicyclic) bond motifs is 1. The summed E-state index contributed by atoms with van der Waals surface area (Å²) in [5.41, 5.74) is 1.49. The number of carbonyl (C=O) groups excluding carboxylic acids is 1. The van der Waals surface area contributed by atoms with E-state index in [0.29, 0.717) is 10.7 Å². The van der Waals surface area contributed by atoms with Gasteiger partial charge in [-0.05, 0) is 24.3 Å². The lowest BCUT2D eigenvalue weighted by molar-refractivity contribution is 0.101. The molecular formula is C16H13BrN2O2S. The number of hydrogen-bond donors (Lipinski definition) is 1. The zero-order chi connectivity index (χ0) is 15.5. The summed E-state index contributed by atoms with van der Waals surface area (Å²) in [5, 5.41) is 3.80. The molecule has 1 N–H and O–H groups in total. The lowest BCUT2D eigenvalue weighted by atomic mass is 10.1. The number of rotatable bonds is 5. The molecule has 0 unspecified atom stereocenters. The van der Waals surface area contributed by atoms with Crippen molar-refractivity contribution in [3.05, 3.63) is 52.5 Å². The van der Waals surface area contributed by atoms with Crippen LogP contribution in [0.4, 0.5) is 5.13 Å². The van der Waals surface area contributed by atoms with E-state index in [1.165, 1.54) is 11.3 Å². The number of thiazole rings is 1. The maximum Gasteiger partial charge on any atom is 0.184 e. The topological polar surface area (TPSA) is 51.2 Å². The SMILES string of the molecule is COc1cccc2sc(NCC(=O)c3ccc(Br)cc3)nc12. The Hall–Kier alpha value is -1.92. The molecule has 4 nitrogen and oxygen atoms in total. The number of aromatic nitrogens is 1. The number of nitrogens with zero attached hydrogens (tertiary/aromatic N) is 1. The van der Waals surface area contributed by atoms with Gasteiger partial charge in [-0.3, -0.25) is 4.79 Å². The number of para-hydroxylation sites is 1. The van der Waals surface area contributed by atoms with Crippen molar-refractivity contribution in [2.24, 2.45) is 0 Å². The van der Waals surface area contributed by atoms with Gasteiger partial charge in [0.15, 0.2) is 10.9 Å². The first-order valence-electron chi connectivity index (χ1n) is 6.63. The van der Waals surface area contributed by atoms with Gasteiger partial charge in [0, 0.05) is 10.0 Å². The fourth-order valence-corrected chi connectivity index (χ4v) is 3.20. The lowest BCUT2D eigenvalue weighted by Crippen LogP contribution is -2.13. The van der Waals surface area contributed by atoms with Crippen molar-refractivity contribution in [1.82, 2.24) is 4.98 Å². The minimum Gasteiger partial charge on any atom is -0.494 e. The fraction of sp³-hybridized carbons (Fsp3) is 0.125. The van der Waals surface area contributed by atoms with Crippen LogP contribution < -0.4 is 10.1 Å². The smallest absolute Gasteiger partial charge is 0.184 e. The molecule has 22 heavy (non-hydrogen) atoms. The van der Waals surface area contributed by atoms with Crippen LogP contribution in [0, 0.1) is 0 Å². The molecule has 1 aromatic heterocycles. The summed E-state index contributed by atoms with van der Waals surface area (Å²) < 4.78 is 7.27. The lowest BCUT2D eigenvalue weighted by Gasteiger charge is -2.02. The Morgan fingerprint density at radius 3 is 2.77 bits per heavy atom. The molecule has 0 amide bonds. The molecule has 0 spiro atoms. The van der Waals surface area contributed by atoms with Crippen LogP contribution in [0.1, 0.15) is 10.4 Å². The normalized spacial score (nSPS) is 10.6. The summed E-state index contributed by atoms with van der Waals surface area (Å²) in [6.07, 6.45) is 0. The molecule has 3 aromatic rings. The minimum atomic E-state index is 0.0266. The average molecular weight is 377 g/mol. The number of methoxy groups -OCH3 is 1. The molecule has 0 fully saturated rings. The van der Waals surface area contributed by atoms with E-state index in [9.17, 15) is 4.79 Å². The molecule has 0 bridgehead atoms. The first-order valence-corrected chi connectivity index (χ1v) is 8.24. The third kappa shape index (κ3) is 3.13. The predicted octanol–water partition coefficient (Wildman–Crippen LogP) is 4.36. The van der Waals surface area contributed by atoms with Gasteiger partial charge in [-0.25, -0.2) is 4.98 Å². The van der Waals surface area contributed by atoms with E-state index in [0.717, 1.165) is 20.4 Å². The predicted molar refractivity (Wildman–Crippen MR) is 93.1 cm³/mol. The van der Waals surface area contributed by atoms with Crippen molar-refractivity contribution < 1.29 is 9.53 Å². The molecule has 0 radical (unpaired) electrons. The van der Waals surface area contributed by atoms with Crippen LogP contribution in [0.3, 0.4) is 0 Å². The van der Waals surface area contributed by atoms with Crippen LogP contribution in [0.15, 0.2) is 46.9 Å². The highest BCUT2D eigenvalue weighted by Gasteiger charge is 2.10. The van der Waals surface area contributed by atoms with E-state index < -0.39 is 0 Å². The molecule has 0 aliphatic carbocycles. The van der Waals surface area contributed by atoms with Crippen LogP contribution in [0.25, 0.3) is 10.2 Å². The number of anilines is 1. The van der Waals surface area contributed by atoms with Crippen LogP contribution in [-0.2, 0) is 0 Å². The van der Waals surface area contributed by atoms with Gasteiger partial charge in [-0.1, -0.05) is 45.5 Å². The minimum absolute atomic E-state index is 0.0266. The van der Waals surface area contributed by atoms with E-state index in [1.54, 1.807) is 19.2 Å². The molecular weight excluding hydrogens is 364 g/mol. The van der Waals surface area contributed by atoms with E-state index in [4.69, 9.17) is 4.74 Å². The van der Waals surface area contributed by atoms with Gasteiger partial charge >= 0.3 is 0 Å². The van der Waals surface area contributed by atoms with Gasteiger partial charge in [0.2, 0.25) is 0 Å². The van der Waals surface area contributed by atoms with Crippen molar-refractivity contribution in [1.29, 1.82) is 0 Å². The van der Waals surface area contributed by atoms with Crippen molar-refractivity contribution in [3.63, 3.8) is 0 Å². The summed E-state index contributed by atoms with van der Waals surface area (Å²) in [6, 6.07) is 13.1. The number of halogens is 1. The highest BCUT2D eigenvalue weighted by atomic mass is 79.9. The summed E-state index contributed by atoms with van der Waals surface area (Å²) >= 11 is 4.86. The quantitative estimate of drug-likeness (QED) is 0.672. The molecule has 0 atom stereocenters. The number of ketones is 1. The number of carbonyl (C=O) groups is 1. The second-order valence-corrected chi connectivity index (χ2v) is 6.56. The summed E-state index contributed by atoms with van der Waals surface area (Å²) in [5.74, 6) is 0.764. The fourth-order valence-electron chi connectivity index (χ4n) is 2.06. The average Bonchev–Trinajstić information content (AvgIpc) is 2.96. The van der Waals surface area contributed by atoms with Gasteiger partial charge in [0.05, 0.1) is 18.4 Å². The van der Waals surface area contributed by atoms with Crippen LogP contribution in [-0.4, -0.2) is 24.4 Å². The van der Waals surface area contributed by atoms with Gasteiger partial charge < -0.3 is 10.1 Å². The Balaban J connectivity index is 1.73. The number of hydrogen-bond acceptors (Lipinski definition) is 5. The third-order valence-electron chi connectivity index (χ3n) is 3.17. The highest BCUT2D eigenvalue weighted by Crippen LogP contribution is 2.31. The van der Waals surface area contributed by atoms with Crippen LogP contribution >= 0.6 is 27.3 Å². The molecule has 1 heterocycles. The maximum atomic E-state index is 12.1. The zero-order valence-electron chi connectivity index (χ0n) is 11.8. The Morgan fingerprint density at radius 1 is 1.27 bits per heavy atom. The van der Waals surface area contributed by atoms with E-state index in [1.807, 2.05) is 30.3 Å². The second-order valence-electron chi connectivity index (χ2n) is 4.61. The van der Waals surface area contributed by atoms with Crippen LogP contribution in [0.2, 0.25) is 0 Å². The van der Waals surface area contributed by atoms with Crippen LogP contribution in [0.5, 0.6) is 5.75 Å². The van der Waals surface area contributed by atoms with Gasteiger partial charge in [0.1, 0.15) is 11.3 Å². The van der Waals surface area contributed by atoms with E-state index in [-0.39, 0.29) is 12.3 Å².